The average molecular weight is 393 g/mol. The molecule has 0 aliphatic heterocycles. The molecular weight excluding hydrogens is 382 g/mol. The number of anilines is 1. The molecule has 1 aromatic carbocycles. The van der Waals surface area contributed by atoms with Crippen LogP contribution in [-0.2, 0) is 0 Å². The van der Waals surface area contributed by atoms with E-state index in [1.165, 1.54) is 11.3 Å². The van der Waals surface area contributed by atoms with Crippen LogP contribution in [0.5, 0.6) is 5.75 Å². The van der Waals surface area contributed by atoms with Crippen LogP contribution in [0.4, 0.5) is 5.69 Å². The molecule has 0 fully saturated rings. The van der Waals surface area contributed by atoms with Crippen molar-refractivity contribution in [3.05, 3.63) is 43.5 Å². The third-order valence-electron chi connectivity index (χ3n) is 2.32. The number of aliphatic hydroxyl groups excluding tert-OH is 1. The second kappa shape index (κ2) is 6.06. The molecule has 1 aromatic heterocycles. The standard InChI is InChI=1S/C12H11Br2NO2S/c1-17-9-6-7(2-3-8(9)13)15-12(16)10-4-5-11(14)18-10/h2-6,12,15-16H,1H3. The number of methoxy groups -OCH3 is 1. The second-order valence-corrected chi connectivity index (χ2v) is 6.89. The van der Waals surface area contributed by atoms with Crippen LogP contribution in [0.2, 0.25) is 0 Å². The zero-order valence-corrected chi connectivity index (χ0v) is 13.5. The van der Waals surface area contributed by atoms with Gasteiger partial charge in [-0.3, -0.25) is 0 Å². The molecule has 0 saturated heterocycles. The van der Waals surface area contributed by atoms with Gasteiger partial charge in [-0.1, -0.05) is 0 Å². The fourth-order valence-electron chi connectivity index (χ4n) is 1.45. The summed E-state index contributed by atoms with van der Waals surface area (Å²) in [6.45, 7) is 0. The summed E-state index contributed by atoms with van der Waals surface area (Å²) < 4.78 is 7.07. The first-order valence-electron chi connectivity index (χ1n) is 5.13. The number of benzene rings is 1. The van der Waals surface area contributed by atoms with Crippen LogP contribution >= 0.6 is 43.2 Å². The summed E-state index contributed by atoms with van der Waals surface area (Å²) in [7, 11) is 1.61. The summed E-state index contributed by atoms with van der Waals surface area (Å²) in [4.78, 5) is 0.851. The molecule has 0 radical (unpaired) electrons. The first-order chi connectivity index (χ1) is 8.60. The number of halogens is 2. The Kier molecular flexibility index (Phi) is 4.66. The van der Waals surface area contributed by atoms with Crippen molar-refractivity contribution in [3.8, 4) is 5.75 Å². The molecule has 0 bridgehead atoms. The van der Waals surface area contributed by atoms with Crippen molar-refractivity contribution >= 4 is 48.9 Å². The summed E-state index contributed by atoms with van der Waals surface area (Å²) in [6.07, 6.45) is -0.729. The molecule has 18 heavy (non-hydrogen) atoms. The van der Waals surface area contributed by atoms with E-state index in [1.807, 2.05) is 30.3 Å². The zero-order chi connectivity index (χ0) is 13.1. The molecule has 0 spiro atoms. The van der Waals surface area contributed by atoms with Gasteiger partial charge in [0.1, 0.15) is 5.75 Å². The Morgan fingerprint density at radius 3 is 2.67 bits per heavy atom. The number of thiophene rings is 1. The Balaban J connectivity index is 2.14. The van der Waals surface area contributed by atoms with Crippen LogP contribution in [0.15, 0.2) is 38.6 Å². The third kappa shape index (κ3) is 3.26. The summed E-state index contributed by atoms with van der Waals surface area (Å²) in [5.74, 6) is 0.722. The minimum atomic E-state index is -0.729. The smallest absolute Gasteiger partial charge is 0.160 e. The van der Waals surface area contributed by atoms with Gasteiger partial charge in [0, 0.05) is 11.8 Å². The minimum absolute atomic E-state index is 0.722. The summed E-state index contributed by atoms with van der Waals surface area (Å²) >= 11 is 8.25. The topological polar surface area (TPSA) is 41.5 Å². The van der Waals surface area contributed by atoms with Crippen molar-refractivity contribution in [2.24, 2.45) is 0 Å². The summed E-state index contributed by atoms with van der Waals surface area (Å²) in [6, 6.07) is 9.36. The summed E-state index contributed by atoms with van der Waals surface area (Å²) in [5, 5.41) is 13.1. The first kappa shape index (κ1) is 13.9. The van der Waals surface area contributed by atoms with E-state index in [2.05, 4.69) is 37.2 Å². The van der Waals surface area contributed by atoms with Crippen molar-refractivity contribution in [2.45, 2.75) is 6.23 Å². The first-order valence-corrected chi connectivity index (χ1v) is 7.54. The predicted molar refractivity (Wildman–Crippen MR) is 81.3 cm³/mol. The van der Waals surface area contributed by atoms with E-state index < -0.39 is 6.23 Å². The normalized spacial score (nSPS) is 12.2. The molecule has 3 nitrogen and oxygen atoms in total. The van der Waals surface area contributed by atoms with Gasteiger partial charge >= 0.3 is 0 Å². The fraction of sp³-hybridized carbons (Fsp3) is 0.167. The molecule has 0 amide bonds. The highest BCUT2D eigenvalue weighted by atomic mass is 79.9. The van der Waals surface area contributed by atoms with Crippen LogP contribution < -0.4 is 10.1 Å². The highest BCUT2D eigenvalue weighted by Crippen LogP contribution is 2.31. The predicted octanol–water partition coefficient (Wildman–Crippen LogP) is 4.38. The van der Waals surface area contributed by atoms with E-state index in [0.29, 0.717) is 0 Å². The van der Waals surface area contributed by atoms with Gasteiger partial charge in [0.2, 0.25) is 0 Å². The Bertz CT molecular complexity index is 545. The minimum Gasteiger partial charge on any atom is -0.495 e. The lowest BCUT2D eigenvalue weighted by atomic mass is 10.3. The molecule has 6 heteroatoms. The number of hydrogen-bond donors (Lipinski definition) is 2. The van der Waals surface area contributed by atoms with Gasteiger partial charge in [0.05, 0.1) is 20.2 Å². The van der Waals surface area contributed by atoms with Gasteiger partial charge in [-0.25, -0.2) is 0 Å². The van der Waals surface area contributed by atoms with E-state index in [-0.39, 0.29) is 0 Å². The molecule has 1 atom stereocenters. The van der Waals surface area contributed by atoms with Crippen LogP contribution in [0.3, 0.4) is 0 Å². The maximum Gasteiger partial charge on any atom is 0.160 e. The SMILES string of the molecule is COc1cc(NC(O)c2ccc(Br)s2)ccc1Br. The van der Waals surface area contributed by atoms with Crippen LogP contribution in [0.25, 0.3) is 0 Å². The van der Waals surface area contributed by atoms with Crippen molar-refractivity contribution in [3.63, 3.8) is 0 Å². The molecule has 96 valence electrons. The average Bonchev–Trinajstić information content (AvgIpc) is 2.78. The lowest BCUT2D eigenvalue weighted by Crippen LogP contribution is -2.07. The van der Waals surface area contributed by atoms with Crippen molar-refractivity contribution in [1.82, 2.24) is 0 Å². The second-order valence-electron chi connectivity index (χ2n) is 3.54. The fourth-order valence-corrected chi connectivity index (χ4v) is 3.22. The zero-order valence-electron chi connectivity index (χ0n) is 9.48. The molecular formula is C12H11Br2NO2S. The van der Waals surface area contributed by atoms with E-state index in [1.54, 1.807) is 7.11 Å². The Morgan fingerprint density at radius 1 is 1.28 bits per heavy atom. The Labute approximate surface area is 126 Å². The maximum absolute atomic E-state index is 10.0. The maximum atomic E-state index is 10.0. The van der Waals surface area contributed by atoms with Gasteiger partial charge in [-0.05, 0) is 56.1 Å². The molecule has 0 aliphatic rings. The van der Waals surface area contributed by atoms with Crippen molar-refractivity contribution < 1.29 is 9.84 Å². The van der Waals surface area contributed by atoms with E-state index in [9.17, 15) is 5.11 Å². The molecule has 1 unspecified atom stereocenters. The molecule has 2 rings (SSSR count). The Hall–Kier alpha value is -0.560. The number of ether oxygens (including phenoxy) is 1. The van der Waals surface area contributed by atoms with Crippen molar-refractivity contribution in [1.29, 1.82) is 0 Å². The van der Waals surface area contributed by atoms with Gasteiger partial charge in [0.25, 0.3) is 0 Å². The van der Waals surface area contributed by atoms with Crippen molar-refractivity contribution in [2.75, 3.05) is 12.4 Å². The highest BCUT2D eigenvalue weighted by Gasteiger charge is 2.10. The van der Waals surface area contributed by atoms with Gasteiger partial charge < -0.3 is 15.2 Å². The molecule has 0 aliphatic carbocycles. The number of hydrogen-bond acceptors (Lipinski definition) is 4. The molecule has 0 saturated carbocycles. The van der Waals surface area contributed by atoms with Gasteiger partial charge in [-0.2, -0.15) is 0 Å². The number of rotatable bonds is 4. The number of nitrogens with one attached hydrogen (secondary N) is 1. The monoisotopic (exact) mass is 391 g/mol. The summed E-state index contributed by atoms with van der Waals surface area (Å²) in [5.41, 5.74) is 0.798. The van der Waals surface area contributed by atoms with E-state index in [0.717, 1.165) is 24.6 Å². The molecule has 2 N–H and O–H groups in total. The van der Waals surface area contributed by atoms with Crippen LogP contribution in [0.1, 0.15) is 11.1 Å². The van der Waals surface area contributed by atoms with E-state index in [4.69, 9.17) is 4.74 Å². The Morgan fingerprint density at radius 2 is 2.06 bits per heavy atom. The van der Waals surface area contributed by atoms with E-state index >= 15 is 0 Å². The van der Waals surface area contributed by atoms with Gasteiger partial charge in [-0.15, -0.1) is 11.3 Å². The largest absolute Gasteiger partial charge is 0.495 e. The lowest BCUT2D eigenvalue weighted by Gasteiger charge is -2.14. The van der Waals surface area contributed by atoms with Crippen LogP contribution in [-0.4, -0.2) is 12.2 Å². The third-order valence-corrected chi connectivity index (χ3v) is 4.65. The molecule has 1 heterocycles. The van der Waals surface area contributed by atoms with Crippen LogP contribution in [0, 0.1) is 0 Å². The highest BCUT2D eigenvalue weighted by molar-refractivity contribution is 9.11. The lowest BCUT2D eigenvalue weighted by molar-refractivity contribution is 0.212. The number of aliphatic hydroxyl groups is 1. The van der Waals surface area contributed by atoms with Gasteiger partial charge in [0.15, 0.2) is 6.23 Å². The molecule has 2 aromatic rings. The quantitative estimate of drug-likeness (QED) is 0.758.